The molecule has 3 aromatic carbocycles. The summed E-state index contributed by atoms with van der Waals surface area (Å²) in [5.74, 6) is -0.0358. The molecule has 0 saturated carbocycles. The van der Waals surface area contributed by atoms with Crippen LogP contribution in [0, 0.1) is 6.92 Å². The highest BCUT2D eigenvalue weighted by Gasteiger charge is 2.31. The number of aryl methyl sites for hydroxylation is 1. The van der Waals surface area contributed by atoms with Gasteiger partial charge in [-0.2, -0.15) is 0 Å². The molecule has 2 nitrogen and oxygen atoms in total. The molecule has 28 heavy (non-hydrogen) atoms. The Morgan fingerprint density at radius 3 is 2.29 bits per heavy atom. The van der Waals surface area contributed by atoms with E-state index < -0.39 is 0 Å². The molecule has 0 atom stereocenters. The summed E-state index contributed by atoms with van der Waals surface area (Å²) in [5.41, 5.74) is 5.50. The van der Waals surface area contributed by atoms with E-state index in [0.29, 0.717) is 5.57 Å². The van der Waals surface area contributed by atoms with Gasteiger partial charge in [-0.15, -0.1) is 0 Å². The summed E-state index contributed by atoms with van der Waals surface area (Å²) in [7, 11) is 0. The Kier molecular flexibility index (Phi) is 5.33. The van der Waals surface area contributed by atoms with E-state index in [0.717, 1.165) is 37.0 Å². The molecule has 1 heterocycles. The van der Waals surface area contributed by atoms with Crippen LogP contribution >= 0.6 is 31.9 Å². The first-order chi connectivity index (χ1) is 13.5. The monoisotopic (exact) mass is 493 g/mol. The molecule has 3 aromatic rings. The molecule has 0 unspecified atom stereocenters. The summed E-state index contributed by atoms with van der Waals surface area (Å²) in [6.45, 7) is 2.03. The van der Waals surface area contributed by atoms with Crippen molar-refractivity contribution in [2.45, 2.75) is 6.92 Å². The Labute approximate surface area is 181 Å². The molecule has 4 heteroatoms. The molecule has 0 aromatic heterocycles. The van der Waals surface area contributed by atoms with Crippen LogP contribution in [-0.2, 0) is 4.79 Å². The molecule has 4 rings (SSSR count). The van der Waals surface area contributed by atoms with Crippen molar-refractivity contribution in [3.63, 3.8) is 0 Å². The lowest BCUT2D eigenvalue weighted by molar-refractivity contribution is -0.113. The van der Waals surface area contributed by atoms with E-state index in [4.69, 9.17) is 0 Å². The standard InChI is InChI=1S/C24H17Br2NO/c1-16-7-12-22(21(26)13-16)27-23(18-5-3-2-4-6-18)15-19(24(27)28)14-17-8-10-20(25)11-9-17/h2-15H,1H3/b19-14+. The van der Waals surface area contributed by atoms with Crippen LogP contribution in [-0.4, -0.2) is 5.91 Å². The minimum atomic E-state index is -0.0358. The van der Waals surface area contributed by atoms with Crippen LogP contribution in [0.2, 0.25) is 0 Å². The Morgan fingerprint density at radius 1 is 0.893 bits per heavy atom. The second kappa shape index (κ2) is 7.90. The molecule has 0 N–H and O–H groups in total. The molecule has 1 aliphatic heterocycles. The van der Waals surface area contributed by atoms with Gasteiger partial charge in [0.1, 0.15) is 0 Å². The lowest BCUT2D eigenvalue weighted by Crippen LogP contribution is -2.25. The number of hydrogen-bond donors (Lipinski definition) is 0. The molecule has 0 aliphatic carbocycles. The largest absolute Gasteiger partial charge is 0.275 e. The molecular formula is C24H17Br2NO. The van der Waals surface area contributed by atoms with Crippen LogP contribution in [0.5, 0.6) is 0 Å². The predicted octanol–water partition coefficient (Wildman–Crippen LogP) is 6.99. The highest BCUT2D eigenvalue weighted by atomic mass is 79.9. The van der Waals surface area contributed by atoms with Gasteiger partial charge in [0.05, 0.1) is 11.4 Å². The second-order valence-electron chi connectivity index (χ2n) is 6.64. The van der Waals surface area contributed by atoms with Crippen LogP contribution in [0.1, 0.15) is 16.7 Å². The highest BCUT2D eigenvalue weighted by molar-refractivity contribution is 9.10. The van der Waals surface area contributed by atoms with Crippen molar-refractivity contribution in [2.75, 3.05) is 4.90 Å². The number of nitrogens with zero attached hydrogens (tertiary/aromatic N) is 1. The molecule has 0 spiro atoms. The van der Waals surface area contributed by atoms with Gasteiger partial charge in [0.25, 0.3) is 5.91 Å². The van der Waals surface area contributed by atoms with Crippen LogP contribution in [0.25, 0.3) is 11.8 Å². The average molecular weight is 495 g/mol. The number of hydrogen-bond acceptors (Lipinski definition) is 1. The van der Waals surface area contributed by atoms with Crippen molar-refractivity contribution in [1.82, 2.24) is 0 Å². The zero-order valence-corrected chi connectivity index (χ0v) is 18.4. The lowest BCUT2D eigenvalue weighted by atomic mass is 10.1. The number of halogens is 2. The fourth-order valence-corrected chi connectivity index (χ4v) is 4.14. The first-order valence-corrected chi connectivity index (χ1v) is 10.5. The van der Waals surface area contributed by atoms with E-state index in [9.17, 15) is 4.79 Å². The summed E-state index contributed by atoms with van der Waals surface area (Å²) in [6.07, 6.45) is 3.89. The molecule has 0 radical (unpaired) electrons. The van der Waals surface area contributed by atoms with Gasteiger partial charge in [0, 0.05) is 14.5 Å². The summed E-state index contributed by atoms with van der Waals surface area (Å²) < 4.78 is 1.91. The van der Waals surface area contributed by atoms with Crippen LogP contribution in [0.4, 0.5) is 5.69 Å². The number of amides is 1. The third-order valence-electron chi connectivity index (χ3n) is 4.59. The topological polar surface area (TPSA) is 20.3 Å². The summed E-state index contributed by atoms with van der Waals surface area (Å²) in [5, 5.41) is 0. The summed E-state index contributed by atoms with van der Waals surface area (Å²) in [4.78, 5) is 15.2. The third kappa shape index (κ3) is 3.75. The summed E-state index contributed by atoms with van der Waals surface area (Å²) in [6, 6.07) is 24.0. The zero-order valence-electron chi connectivity index (χ0n) is 15.2. The smallest absolute Gasteiger partial charge is 0.262 e. The molecule has 0 saturated heterocycles. The number of carbonyl (C=O) groups is 1. The molecule has 0 bridgehead atoms. The van der Waals surface area contributed by atoms with Gasteiger partial charge in [-0.05, 0) is 76.0 Å². The Balaban J connectivity index is 1.84. The van der Waals surface area contributed by atoms with E-state index in [-0.39, 0.29) is 5.91 Å². The van der Waals surface area contributed by atoms with Crippen molar-refractivity contribution in [1.29, 1.82) is 0 Å². The Bertz CT molecular complexity index is 1100. The maximum Gasteiger partial charge on any atom is 0.262 e. The van der Waals surface area contributed by atoms with E-state index in [1.165, 1.54) is 0 Å². The third-order valence-corrected chi connectivity index (χ3v) is 5.75. The van der Waals surface area contributed by atoms with Gasteiger partial charge < -0.3 is 0 Å². The van der Waals surface area contributed by atoms with E-state index >= 15 is 0 Å². The quantitative estimate of drug-likeness (QED) is 0.359. The normalized spacial score (nSPS) is 15.2. The minimum absolute atomic E-state index is 0.0358. The summed E-state index contributed by atoms with van der Waals surface area (Å²) >= 11 is 7.08. The molecule has 1 aliphatic rings. The molecule has 1 amide bonds. The van der Waals surface area contributed by atoms with Gasteiger partial charge in [-0.25, -0.2) is 0 Å². The number of carbonyl (C=O) groups excluding carboxylic acids is 1. The maximum atomic E-state index is 13.4. The maximum absolute atomic E-state index is 13.4. The molecular weight excluding hydrogens is 478 g/mol. The molecule has 0 fully saturated rings. The lowest BCUT2D eigenvalue weighted by Gasteiger charge is -2.22. The van der Waals surface area contributed by atoms with Gasteiger partial charge in [0.2, 0.25) is 0 Å². The van der Waals surface area contributed by atoms with Crippen molar-refractivity contribution >= 4 is 55.2 Å². The van der Waals surface area contributed by atoms with Gasteiger partial charge in [-0.1, -0.05) is 64.5 Å². The van der Waals surface area contributed by atoms with E-state index in [1.54, 1.807) is 4.90 Å². The van der Waals surface area contributed by atoms with Crippen molar-refractivity contribution in [3.8, 4) is 0 Å². The number of benzene rings is 3. The minimum Gasteiger partial charge on any atom is -0.275 e. The van der Waals surface area contributed by atoms with E-state index in [2.05, 4.69) is 31.9 Å². The Morgan fingerprint density at radius 2 is 1.61 bits per heavy atom. The zero-order chi connectivity index (χ0) is 19.7. The van der Waals surface area contributed by atoms with Crippen molar-refractivity contribution in [2.24, 2.45) is 0 Å². The number of anilines is 1. The van der Waals surface area contributed by atoms with E-state index in [1.807, 2.05) is 91.9 Å². The van der Waals surface area contributed by atoms with Crippen LogP contribution < -0.4 is 4.90 Å². The van der Waals surface area contributed by atoms with Crippen molar-refractivity contribution < 1.29 is 4.79 Å². The first kappa shape index (κ1) is 18.9. The predicted molar refractivity (Wildman–Crippen MR) is 123 cm³/mol. The second-order valence-corrected chi connectivity index (χ2v) is 8.41. The van der Waals surface area contributed by atoms with Gasteiger partial charge in [0.15, 0.2) is 0 Å². The van der Waals surface area contributed by atoms with Gasteiger partial charge >= 0.3 is 0 Å². The number of rotatable bonds is 3. The Hall–Kier alpha value is -2.43. The SMILES string of the molecule is Cc1ccc(N2C(=O)/C(=C/c3ccc(Br)cc3)C=C2c2ccccc2)c(Br)c1. The average Bonchev–Trinajstić information content (AvgIpc) is 3.01. The fourth-order valence-electron chi connectivity index (χ4n) is 3.21. The first-order valence-electron chi connectivity index (χ1n) is 8.88. The van der Waals surface area contributed by atoms with Crippen molar-refractivity contribution in [3.05, 3.63) is 110 Å². The fraction of sp³-hybridized carbons (Fsp3) is 0.0417. The molecule has 138 valence electrons. The van der Waals surface area contributed by atoms with Crippen LogP contribution in [0.3, 0.4) is 0 Å². The highest BCUT2D eigenvalue weighted by Crippen LogP contribution is 2.39. The van der Waals surface area contributed by atoms with Crippen LogP contribution in [0.15, 0.2) is 93.4 Å². The van der Waals surface area contributed by atoms with Gasteiger partial charge in [-0.3, -0.25) is 9.69 Å².